The lowest BCUT2D eigenvalue weighted by molar-refractivity contribution is -0.359. The van der Waals surface area contributed by atoms with E-state index in [1.165, 1.54) is 173 Å². The Morgan fingerprint density at radius 2 is 0.802 bits per heavy atom. The zero-order valence-corrected chi connectivity index (χ0v) is 54.6. The van der Waals surface area contributed by atoms with E-state index >= 15 is 0 Å². The SMILES string of the molecule is CC/C=C\C/C=C\C/C=C\C/C=C\C/C=C\CCCCCCCC(=O)NC(COC1OC(CO)C(OC2OC(CO)C(O)C(O)C2O)C(O)C1O)C(O)CCCCCCCCCCCCCCCCCCCCCCCCCCCCCCCCC. The van der Waals surface area contributed by atoms with Gasteiger partial charge in [0.1, 0.15) is 48.8 Å². The lowest BCUT2D eigenvalue weighted by atomic mass is 9.97. The summed E-state index contributed by atoms with van der Waals surface area (Å²) in [4.78, 5) is 13.3. The maximum Gasteiger partial charge on any atom is 0.220 e. The van der Waals surface area contributed by atoms with Crippen molar-refractivity contribution in [3.8, 4) is 0 Å². The van der Waals surface area contributed by atoms with E-state index < -0.39 is 86.8 Å². The minimum Gasteiger partial charge on any atom is -0.394 e. The van der Waals surface area contributed by atoms with Crippen molar-refractivity contribution >= 4 is 5.91 Å². The second-order valence-corrected chi connectivity index (χ2v) is 25.0. The molecule has 0 saturated carbocycles. The lowest BCUT2D eigenvalue weighted by Crippen LogP contribution is -2.65. The van der Waals surface area contributed by atoms with Crippen LogP contribution in [0.4, 0.5) is 0 Å². The molecular weight excluding hydrogens is 1090 g/mol. The Bertz CT molecular complexity index is 1670. The molecule has 2 fully saturated rings. The molecule has 2 heterocycles. The molecule has 12 atom stereocenters. The second-order valence-electron chi connectivity index (χ2n) is 25.0. The minimum absolute atomic E-state index is 0.223. The number of rotatable bonds is 58. The third-order valence-corrected chi connectivity index (χ3v) is 17.2. The average Bonchev–Trinajstić information content (AvgIpc) is 2.54. The van der Waals surface area contributed by atoms with Crippen molar-refractivity contribution in [2.75, 3.05) is 19.8 Å². The number of nitrogens with one attached hydrogen (secondary N) is 1. The first-order valence-electron chi connectivity index (χ1n) is 35.5. The minimum atomic E-state index is -1.79. The van der Waals surface area contributed by atoms with Crippen LogP contribution in [0.2, 0.25) is 0 Å². The van der Waals surface area contributed by atoms with E-state index in [1.807, 2.05) is 0 Å². The van der Waals surface area contributed by atoms with Crippen molar-refractivity contribution < 1.29 is 64.6 Å². The quantitative estimate of drug-likeness (QED) is 0.0204. The Balaban J connectivity index is 1.66. The first-order chi connectivity index (χ1) is 42.1. The molecule has 2 aliphatic heterocycles. The number of hydrogen-bond acceptors (Lipinski definition) is 13. The van der Waals surface area contributed by atoms with Gasteiger partial charge < -0.3 is 65.1 Å². The highest BCUT2D eigenvalue weighted by molar-refractivity contribution is 5.76. The standard InChI is InChI=1S/C72H131NO13/c1-3-5-7-9-11-13-15-17-19-21-23-25-26-27-28-29-30-31-32-33-34-36-37-39-41-43-45-47-49-51-53-55-61(76)60(59-83-71-69(82)67(80)70(63(58-75)85-71)86-72-68(81)66(79)65(78)62(57-74)84-72)73-64(77)56-54-52-50-48-46-44-42-40-38-35-24-22-20-18-16-14-12-10-8-6-4-2/h6,8,12,14,18,20,24,35,40,42,60-63,65-72,74-76,78-82H,3-5,7,9-11,13,15-17,19,21-23,25-34,36-39,41,43-59H2,1-2H3,(H,73,77)/b8-6-,14-12-,20-18-,35-24-,42-40-. The molecular formula is C72H131NO13. The van der Waals surface area contributed by atoms with Gasteiger partial charge in [-0.2, -0.15) is 0 Å². The summed E-state index contributed by atoms with van der Waals surface area (Å²) in [5.74, 6) is -0.223. The summed E-state index contributed by atoms with van der Waals surface area (Å²) in [7, 11) is 0. The molecule has 12 unspecified atom stereocenters. The van der Waals surface area contributed by atoms with Gasteiger partial charge in [0, 0.05) is 6.42 Å². The molecule has 14 nitrogen and oxygen atoms in total. The molecule has 0 aliphatic carbocycles. The van der Waals surface area contributed by atoms with Crippen LogP contribution in [0, 0.1) is 0 Å². The average molecular weight is 1220 g/mol. The molecule has 1 amide bonds. The monoisotopic (exact) mass is 1220 g/mol. The van der Waals surface area contributed by atoms with Gasteiger partial charge in [-0.15, -0.1) is 0 Å². The van der Waals surface area contributed by atoms with Crippen molar-refractivity contribution in [1.82, 2.24) is 5.32 Å². The van der Waals surface area contributed by atoms with E-state index in [2.05, 4.69) is 79.9 Å². The first kappa shape index (κ1) is 79.8. The molecule has 2 aliphatic rings. The highest BCUT2D eigenvalue weighted by Crippen LogP contribution is 2.30. The number of carbonyl (C=O) groups is 1. The predicted molar refractivity (Wildman–Crippen MR) is 350 cm³/mol. The number of hydrogen-bond donors (Lipinski definition) is 9. The number of aliphatic hydroxyl groups is 8. The van der Waals surface area contributed by atoms with Crippen LogP contribution in [0.1, 0.15) is 296 Å². The molecule has 2 rings (SSSR count). The molecule has 0 bridgehead atoms. The van der Waals surface area contributed by atoms with E-state index in [4.69, 9.17) is 18.9 Å². The predicted octanol–water partition coefficient (Wildman–Crippen LogP) is 14.5. The van der Waals surface area contributed by atoms with Crippen molar-refractivity contribution in [3.05, 3.63) is 60.8 Å². The summed E-state index contributed by atoms with van der Waals surface area (Å²) in [5.41, 5.74) is 0. The Morgan fingerprint density at radius 1 is 0.430 bits per heavy atom. The summed E-state index contributed by atoms with van der Waals surface area (Å²) in [6.45, 7) is 2.77. The zero-order chi connectivity index (χ0) is 62.3. The van der Waals surface area contributed by atoms with E-state index in [0.29, 0.717) is 12.8 Å². The van der Waals surface area contributed by atoms with Crippen molar-refractivity contribution in [1.29, 1.82) is 0 Å². The molecule has 2 saturated heterocycles. The lowest BCUT2D eigenvalue weighted by Gasteiger charge is -2.46. The molecule has 86 heavy (non-hydrogen) atoms. The van der Waals surface area contributed by atoms with Crippen molar-refractivity contribution in [2.24, 2.45) is 0 Å². The van der Waals surface area contributed by atoms with Gasteiger partial charge in [0.15, 0.2) is 12.6 Å². The van der Waals surface area contributed by atoms with Gasteiger partial charge in [0.2, 0.25) is 5.91 Å². The topological polar surface area (TPSA) is 228 Å². The summed E-state index contributed by atoms with van der Waals surface area (Å²) >= 11 is 0. The Labute approximate surface area is 524 Å². The van der Waals surface area contributed by atoms with Gasteiger partial charge in [-0.3, -0.25) is 4.79 Å². The van der Waals surface area contributed by atoms with Crippen LogP contribution in [-0.4, -0.2) is 140 Å². The van der Waals surface area contributed by atoms with Gasteiger partial charge in [0.25, 0.3) is 0 Å². The summed E-state index contributed by atoms with van der Waals surface area (Å²) in [5, 5.41) is 87.6. The fourth-order valence-electron chi connectivity index (χ4n) is 11.6. The Hall–Kier alpha value is -2.31. The number of aliphatic hydroxyl groups excluding tert-OH is 8. The van der Waals surface area contributed by atoms with E-state index in [1.54, 1.807) is 0 Å². The molecule has 9 N–H and O–H groups in total. The third kappa shape index (κ3) is 40.4. The van der Waals surface area contributed by atoms with Gasteiger partial charge in [-0.1, -0.05) is 293 Å². The summed E-state index contributed by atoms with van der Waals surface area (Å²) in [6, 6.07) is -0.844. The highest BCUT2D eigenvalue weighted by Gasteiger charge is 2.51. The Kier molecular flexibility index (Phi) is 52.6. The molecule has 0 aromatic rings. The molecule has 0 aromatic heterocycles. The van der Waals surface area contributed by atoms with Crippen molar-refractivity contribution in [2.45, 2.75) is 370 Å². The summed E-state index contributed by atoms with van der Waals surface area (Å²) in [6.07, 6.45) is 58.1. The van der Waals surface area contributed by atoms with Crippen LogP contribution in [0.25, 0.3) is 0 Å². The third-order valence-electron chi connectivity index (χ3n) is 17.2. The largest absolute Gasteiger partial charge is 0.394 e. The number of allylic oxidation sites excluding steroid dienone is 10. The fourth-order valence-corrected chi connectivity index (χ4v) is 11.6. The first-order valence-corrected chi connectivity index (χ1v) is 35.5. The van der Waals surface area contributed by atoms with Gasteiger partial charge >= 0.3 is 0 Å². The van der Waals surface area contributed by atoms with Crippen LogP contribution in [0.3, 0.4) is 0 Å². The normalized spacial score (nSPS) is 23.7. The maximum atomic E-state index is 13.3. The number of amides is 1. The smallest absolute Gasteiger partial charge is 0.220 e. The number of unbranched alkanes of at least 4 members (excludes halogenated alkanes) is 35. The molecule has 0 radical (unpaired) electrons. The van der Waals surface area contributed by atoms with Crippen LogP contribution >= 0.6 is 0 Å². The van der Waals surface area contributed by atoms with Crippen LogP contribution in [0.15, 0.2) is 60.8 Å². The van der Waals surface area contributed by atoms with Crippen LogP contribution in [-0.2, 0) is 23.7 Å². The van der Waals surface area contributed by atoms with Crippen LogP contribution < -0.4 is 5.32 Å². The van der Waals surface area contributed by atoms with Crippen LogP contribution in [0.5, 0.6) is 0 Å². The summed E-state index contributed by atoms with van der Waals surface area (Å²) < 4.78 is 22.9. The van der Waals surface area contributed by atoms with Gasteiger partial charge in [0.05, 0.1) is 32.0 Å². The maximum absolute atomic E-state index is 13.3. The molecule has 0 spiro atoms. The molecule has 14 heteroatoms. The highest BCUT2D eigenvalue weighted by atomic mass is 16.7. The number of carbonyl (C=O) groups excluding carboxylic acids is 1. The van der Waals surface area contributed by atoms with E-state index in [0.717, 1.165) is 89.9 Å². The molecule has 0 aromatic carbocycles. The van der Waals surface area contributed by atoms with Gasteiger partial charge in [-0.05, 0) is 57.8 Å². The second kappa shape index (κ2) is 56.7. The Morgan fingerprint density at radius 3 is 1.23 bits per heavy atom. The van der Waals surface area contributed by atoms with E-state index in [9.17, 15) is 45.6 Å². The zero-order valence-electron chi connectivity index (χ0n) is 54.6. The number of ether oxygens (including phenoxy) is 4. The van der Waals surface area contributed by atoms with E-state index in [-0.39, 0.29) is 18.9 Å². The van der Waals surface area contributed by atoms with Gasteiger partial charge in [-0.25, -0.2) is 0 Å². The molecule has 502 valence electrons. The van der Waals surface area contributed by atoms with Crippen molar-refractivity contribution in [3.63, 3.8) is 0 Å². The fraction of sp³-hybridized carbons (Fsp3) is 0.847.